The monoisotopic (exact) mass is 256 g/mol. The maximum Gasteiger partial charge on any atom is 0.410 e. The number of nitrogens with zero attached hydrogens (tertiary/aromatic N) is 1. The van der Waals surface area contributed by atoms with Gasteiger partial charge in [-0.3, -0.25) is 0 Å². The van der Waals surface area contributed by atoms with Gasteiger partial charge < -0.3 is 19.7 Å². The molecule has 5 nitrogen and oxygen atoms in total. The molecule has 0 aromatic carbocycles. The highest BCUT2D eigenvalue weighted by Crippen LogP contribution is 2.10. The van der Waals surface area contributed by atoms with Gasteiger partial charge >= 0.3 is 6.09 Å². The minimum absolute atomic E-state index is 0.273. The van der Waals surface area contributed by atoms with Crippen molar-refractivity contribution in [3.05, 3.63) is 12.3 Å². The van der Waals surface area contributed by atoms with Gasteiger partial charge in [0.05, 0.1) is 13.2 Å². The summed E-state index contributed by atoms with van der Waals surface area (Å²) in [6.07, 6.45) is 0.601. The van der Waals surface area contributed by atoms with E-state index in [1.807, 2.05) is 20.8 Å². The Labute approximate surface area is 109 Å². The topological polar surface area (TPSA) is 50.8 Å². The van der Waals surface area contributed by atoms with Crippen LogP contribution in [0.2, 0.25) is 0 Å². The Morgan fingerprint density at radius 3 is 2.83 bits per heavy atom. The third kappa shape index (κ3) is 5.91. The van der Waals surface area contributed by atoms with Crippen LogP contribution in [0.5, 0.6) is 0 Å². The van der Waals surface area contributed by atoms with E-state index in [1.54, 1.807) is 4.90 Å². The molecule has 1 saturated heterocycles. The number of nitrogens with one attached hydrogen (secondary N) is 1. The quantitative estimate of drug-likeness (QED) is 0.717. The van der Waals surface area contributed by atoms with Crippen LogP contribution < -0.4 is 5.32 Å². The molecule has 1 N–H and O–H groups in total. The first kappa shape index (κ1) is 14.8. The lowest BCUT2D eigenvalue weighted by Crippen LogP contribution is -2.40. The molecule has 0 aromatic heterocycles. The lowest BCUT2D eigenvalue weighted by Gasteiger charge is -2.28. The van der Waals surface area contributed by atoms with Gasteiger partial charge in [-0.1, -0.05) is 6.58 Å². The minimum atomic E-state index is -0.459. The van der Waals surface area contributed by atoms with Crippen LogP contribution in [0, 0.1) is 0 Å². The Balaban J connectivity index is 2.48. The zero-order chi connectivity index (χ0) is 13.6. The van der Waals surface area contributed by atoms with E-state index < -0.39 is 5.60 Å². The van der Waals surface area contributed by atoms with Gasteiger partial charge in [0.25, 0.3) is 0 Å². The van der Waals surface area contributed by atoms with Crippen molar-refractivity contribution in [2.75, 3.05) is 32.8 Å². The third-order valence-electron chi connectivity index (χ3n) is 2.41. The van der Waals surface area contributed by atoms with Crippen molar-refractivity contribution in [2.24, 2.45) is 0 Å². The van der Waals surface area contributed by atoms with Gasteiger partial charge in [-0.2, -0.15) is 0 Å². The van der Waals surface area contributed by atoms with Crippen molar-refractivity contribution in [3.63, 3.8) is 0 Å². The second-order valence-electron chi connectivity index (χ2n) is 5.40. The predicted molar refractivity (Wildman–Crippen MR) is 70.4 cm³/mol. The SMILES string of the molecule is C=C1COCCN(C(=O)OC(C)(C)C)CCCN1. The van der Waals surface area contributed by atoms with Crippen LogP contribution in [0.25, 0.3) is 0 Å². The predicted octanol–water partition coefficient (Wildman–Crippen LogP) is 1.75. The molecule has 1 amide bonds. The summed E-state index contributed by atoms with van der Waals surface area (Å²) >= 11 is 0. The van der Waals surface area contributed by atoms with Crippen molar-refractivity contribution in [1.82, 2.24) is 10.2 Å². The molecule has 0 saturated carbocycles. The van der Waals surface area contributed by atoms with E-state index >= 15 is 0 Å². The summed E-state index contributed by atoms with van der Waals surface area (Å²) in [7, 11) is 0. The highest BCUT2D eigenvalue weighted by molar-refractivity contribution is 5.68. The van der Waals surface area contributed by atoms with Crippen LogP contribution in [0.1, 0.15) is 27.2 Å². The molecule has 0 spiro atoms. The Morgan fingerprint density at radius 2 is 2.17 bits per heavy atom. The van der Waals surface area contributed by atoms with Gasteiger partial charge in [-0.15, -0.1) is 0 Å². The second kappa shape index (κ2) is 6.64. The number of ether oxygens (including phenoxy) is 2. The molecule has 0 radical (unpaired) electrons. The molecular weight excluding hydrogens is 232 g/mol. The van der Waals surface area contributed by atoms with E-state index in [-0.39, 0.29) is 6.09 Å². The Kier molecular flexibility index (Phi) is 5.47. The summed E-state index contributed by atoms with van der Waals surface area (Å²) in [5.74, 6) is 0. The first-order valence-electron chi connectivity index (χ1n) is 6.36. The number of hydrogen-bond donors (Lipinski definition) is 1. The third-order valence-corrected chi connectivity index (χ3v) is 2.41. The average molecular weight is 256 g/mol. The molecule has 5 heteroatoms. The van der Waals surface area contributed by atoms with Gasteiger partial charge in [0.1, 0.15) is 5.60 Å². The normalized spacial score (nSPS) is 19.1. The fraction of sp³-hybridized carbons (Fsp3) is 0.769. The lowest BCUT2D eigenvalue weighted by molar-refractivity contribution is 0.0176. The summed E-state index contributed by atoms with van der Waals surface area (Å²) in [6.45, 7) is 12.5. The van der Waals surface area contributed by atoms with Crippen molar-refractivity contribution < 1.29 is 14.3 Å². The number of carbonyl (C=O) groups excluding carboxylic acids is 1. The molecule has 0 bridgehead atoms. The summed E-state index contributed by atoms with van der Waals surface area (Å²) < 4.78 is 10.8. The average Bonchev–Trinajstić information content (AvgIpc) is 2.24. The summed E-state index contributed by atoms with van der Waals surface area (Å²) in [5, 5.41) is 3.16. The highest BCUT2D eigenvalue weighted by atomic mass is 16.6. The van der Waals surface area contributed by atoms with Crippen LogP contribution in [0.3, 0.4) is 0 Å². The Hall–Kier alpha value is -1.23. The van der Waals surface area contributed by atoms with Crippen molar-refractivity contribution in [1.29, 1.82) is 0 Å². The Morgan fingerprint density at radius 1 is 1.44 bits per heavy atom. The first-order valence-corrected chi connectivity index (χ1v) is 6.36. The largest absolute Gasteiger partial charge is 0.444 e. The smallest absolute Gasteiger partial charge is 0.410 e. The van der Waals surface area contributed by atoms with Crippen molar-refractivity contribution >= 4 is 6.09 Å². The summed E-state index contributed by atoms with van der Waals surface area (Å²) in [5.41, 5.74) is 0.431. The number of amides is 1. The molecule has 0 aliphatic carbocycles. The molecule has 0 atom stereocenters. The summed E-state index contributed by atoms with van der Waals surface area (Å²) in [6, 6.07) is 0. The number of rotatable bonds is 0. The highest BCUT2D eigenvalue weighted by Gasteiger charge is 2.21. The minimum Gasteiger partial charge on any atom is -0.444 e. The van der Waals surface area contributed by atoms with Crippen molar-refractivity contribution in [2.45, 2.75) is 32.8 Å². The number of carbonyl (C=O) groups is 1. The zero-order valence-corrected chi connectivity index (χ0v) is 11.6. The maximum atomic E-state index is 12.0. The molecule has 1 fully saturated rings. The molecule has 104 valence electrons. The van der Waals surface area contributed by atoms with Crippen LogP contribution in [-0.4, -0.2) is 49.4 Å². The van der Waals surface area contributed by atoms with Crippen LogP contribution in [0.15, 0.2) is 12.3 Å². The van der Waals surface area contributed by atoms with E-state index in [4.69, 9.17) is 9.47 Å². The zero-order valence-electron chi connectivity index (χ0n) is 11.6. The molecular formula is C13H24N2O3. The second-order valence-corrected chi connectivity index (χ2v) is 5.40. The fourth-order valence-corrected chi connectivity index (χ4v) is 1.58. The molecule has 0 unspecified atom stereocenters. The maximum absolute atomic E-state index is 12.0. The van der Waals surface area contributed by atoms with Crippen molar-refractivity contribution in [3.8, 4) is 0 Å². The van der Waals surface area contributed by atoms with Crippen LogP contribution >= 0.6 is 0 Å². The van der Waals surface area contributed by atoms with Crippen LogP contribution in [-0.2, 0) is 9.47 Å². The molecule has 1 rings (SSSR count). The fourth-order valence-electron chi connectivity index (χ4n) is 1.58. The van der Waals surface area contributed by atoms with Crippen LogP contribution in [0.4, 0.5) is 4.79 Å². The van der Waals surface area contributed by atoms with Gasteiger partial charge in [0.2, 0.25) is 0 Å². The van der Waals surface area contributed by atoms with Gasteiger partial charge in [0, 0.05) is 25.3 Å². The first-order chi connectivity index (χ1) is 8.38. The summed E-state index contributed by atoms with van der Waals surface area (Å²) in [4.78, 5) is 13.6. The van der Waals surface area contributed by atoms with E-state index in [2.05, 4.69) is 11.9 Å². The van der Waals surface area contributed by atoms with Gasteiger partial charge in [0.15, 0.2) is 0 Å². The van der Waals surface area contributed by atoms with E-state index in [0.29, 0.717) is 26.3 Å². The van der Waals surface area contributed by atoms with E-state index in [1.165, 1.54) is 0 Å². The Bertz CT molecular complexity index is 283. The number of hydrogen-bond acceptors (Lipinski definition) is 4. The van der Waals surface area contributed by atoms with E-state index in [0.717, 1.165) is 18.7 Å². The molecule has 1 aliphatic rings. The van der Waals surface area contributed by atoms with E-state index in [9.17, 15) is 4.79 Å². The molecule has 1 aliphatic heterocycles. The molecule has 18 heavy (non-hydrogen) atoms. The van der Waals surface area contributed by atoms with Gasteiger partial charge in [-0.25, -0.2) is 4.79 Å². The molecule has 1 heterocycles. The standard InChI is InChI=1S/C13H24N2O3/c1-11-10-17-9-8-15(7-5-6-14-11)12(16)18-13(2,3)4/h14H,1,5-10H2,2-4H3. The van der Waals surface area contributed by atoms with Gasteiger partial charge in [-0.05, 0) is 27.2 Å². The lowest BCUT2D eigenvalue weighted by atomic mass is 10.2. The molecule has 0 aromatic rings.